The SMILES string of the molecule is CCOC(=O)c1cc2cc(-c3c(C(=O)OCC)n(Cc4ccccc4)c4ccc(N)cc34)ccc2[nH]1. The lowest BCUT2D eigenvalue weighted by Gasteiger charge is -2.12. The minimum atomic E-state index is -0.408. The summed E-state index contributed by atoms with van der Waals surface area (Å²) in [6, 6.07) is 23.2. The Kier molecular flexibility index (Phi) is 6.21. The minimum absolute atomic E-state index is 0.257. The molecule has 0 spiro atoms. The Hall–Kier alpha value is -4.52. The number of ether oxygens (including phenoxy) is 2. The van der Waals surface area contributed by atoms with Crippen LogP contribution in [0.3, 0.4) is 0 Å². The molecule has 0 saturated carbocycles. The number of nitrogens with zero attached hydrogens (tertiary/aromatic N) is 1. The fourth-order valence-electron chi connectivity index (χ4n) is 4.61. The van der Waals surface area contributed by atoms with Gasteiger partial charge in [0.2, 0.25) is 0 Å². The zero-order valence-corrected chi connectivity index (χ0v) is 20.2. The van der Waals surface area contributed by atoms with Crippen LogP contribution in [-0.2, 0) is 16.0 Å². The van der Waals surface area contributed by atoms with E-state index in [-0.39, 0.29) is 6.61 Å². The van der Waals surface area contributed by atoms with Crippen LogP contribution >= 0.6 is 0 Å². The van der Waals surface area contributed by atoms with E-state index in [0.717, 1.165) is 38.5 Å². The second-order valence-corrected chi connectivity index (χ2v) is 8.50. The van der Waals surface area contributed by atoms with Crippen LogP contribution in [0.1, 0.15) is 40.4 Å². The average molecular weight is 482 g/mol. The van der Waals surface area contributed by atoms with Crippen LogP contribution in [0.15, 0.2) is 72.8 Å². The summed E-state index contributed by atoms with van der Waals surface area (Å²) in [5.41, 5.74) is 11.9. The third kappa shape index (κ3) is 4.20. The van der Waals surface area contributed by atoms with E-state index in [1.807, 2.05) is 71.3 Å². The maximum atomic E-state index is 13.4. The second-order valence-electron chi connectivity index (χ2n) is 8.50. The zero-order chi connectivity index (χ0) is 25.2. The fraction of sp³-hybridized carbons (Fsp3) is 0.172. The fourth-order valence-corrected chi connectivity index (χ4v) is 4.61. The van der Waals surface area contributed by atoms with Crippen LogP contribution < -0.4 is 5.73 Å². The molecule has 36 heavy (non-hydrogen) atoms. The zero-order valence-electron chi connectivity index (χ0n) is 20.2. The number of carbonyl (C=O) groups excluding carboxylic acids is 2. The van der Waals surface area contributed by atoms with Crippen LogP contribution in [-0.4, -0.2) is 34.7 Å². The quantitative estimate of drug-likeness (QED) is 0.227. The first kappa shape index (κ1) is 23.2. The summed E-state index contributed by atoms with van der Waals surface area (Å²) in [7, 11) is 0. The van der Waals surface area contributed by atoms with Gasteiger partial charge in [-0.2, -0.15) is 0 Å². The first-order valence-corrected chi connectivity index (χ1v) is 11.9. The molecule has 7 heteroatoms. The number of nitrogens with one attached hydrogen (secondary N) is 1. The smallest absolute Gasteiger partial charge is 0.355 e. The molecule has 182 valence electrons. The van der Waals surface area contributed by atoms with Crippen LogP contribution in [0.25, 0.3) is 32.9 Å². The number of anilines is 1. The molecule has 5 rings (SSSR count). The summed E-state index contributed by atoms with van der Waals surface area (Å²) in [6.45, 7) is 4.61. The molecule has 3 N–H and O–H groups in total. The maximum absolute atomic E-state index is 13.4. The van der Waals surface area contributed by atoms with Gasteiger partial charge in [0.25, 0.3) is 0 Å². The van der Waals surface area contributed by atoms with Crippen LogP contribution in [0.5, 0.6) is 0 Å². The monoisotopic (exact) mass is 481 g/mol. The highest BCUT2D eigenvalue weighted by Gasteiger charge is 2.26. The maximum Gasteiger partial charge on any atom is 0.355 e. The summed E-state index contributed by atoms with van der Waals surface area (Å²) in [5.74, 6) is -0.811. The Bertz CT molecular complexity index is 1580. The topological polar surface area (TPSA) is 99.3 Å². The van der Waals surface area contributed by atoms with Crippen molar-refractivity contribution in [1.82, 2.24) is 9.55 Å². The Morgan fingerprint density at radius 1 is 0.889 bits per heavy atom. The molecule has 2 aromatic heterocycles. The summed E-state index contributed by atoms with van der Waals surface area (Å²) < 4.78 is 12.6. The number of esters is 2. The van der Waals surface area contributed by atoms with Crippen LogP contribution in [0, 0.1) is 0 Å². The summed E-state index contributed by atoms with van der Waals surface area (Å²) in [6.07, 6.45) is 0. The number of hydrogen-bond donors (Lipinski definition) is 2. The Labute approximate surface area is 208 Å². The molecule has 7 nitrogen and oxygen atoms in total. The Morgan fingerprint density at radius 2 is 1.64 bits per heavy atom. The van der Waals surface area contributed by atoms with Gasteiger partial charge >= 0.3 is 11.9 Å². The number of aromatic nitrogens is 2. The molecule has 0 bridgehead atoms. The number of fused-ring (bicyclic) bond motifs is 2. The van der Waals surface area contributed by atoms with Crippen molar-refractivity contribution in [3.8, 4) is 11.1 Å². The Balaban J connectivity index is 1.75. The van der Waals surface area contributed by atoms with Crippen molar-refractivity contribution >= 4 is 39.4 Å². The van der Waals surface area contributed by atoms with E-state index in [1.54, 1.807) is 19.9 Å². The molecule has 0 aliphatic carbocycles. The van der Waals surface area contributed by atoms with E-state index in [4.69, 9.17) is 15.2 Å². The average Bonchev–Trinajstić information content (AvgIpc) is 3.43. The lowest BCUT2D eigenvalue weighted by molar-refractivity contribution is 0.0508. The van der Waals surface area contributed by atoms with E-state index >= 15 is 0 Å². The summed E-state index contributed by atoms with van der Waals surface area (Å²) >= 11 is 0. The molecule has 5 aromatic rings. The van der Waals surface area contributed by atoms with Gasteiger partial charge in [0.1, 0.15) is 11.4 Å². The Morgan fingerprint density at radius 3 is 2.39 bits per heavy atom. The number of nitrogens with two attached hydrogens (primary N) is 1. The number of aromatic amines is 1. The number of nitrogen functional groups attached to an aromatic ring is 1. The number of rotatable bonds is 7. The largest absolute Gasteiger partial charge is 0.461 e. The summed E-state index contributed by atoms with van der Waals surface area (Å²) in [4.78, 5) is 28.7. The van der Waals surface area contributed by atoms with Crippen molar-refractivity contribution in [2.75, 3.05) is 18.9 Å². The van der Waals surface area contributed by atoms with Gasteiger partial charge in [-0.1, -0.05) is 36.4 Å². The van der Waals surface area contributed by atoms with E-state index in [1.165, 1.54) is 0 Å². The highest BCUT2D eigenvalue weighted by molar-refractivity contribution is 6.10. The molecule has 2 heterocycles. The number of H-pyrrole nitrogens is 1. The van der Waals surface area contributed by atoms with Crippen molar-refractivity contribution in [3.05, 3.63) is 89.7 Å². The molecular formula is C29H27N3O4. The van der Waals surface area contributed by atoms with E-state index < -0.39 is 11.9 Å². The van der Waals surface area contributed by atoms with Crippen molar-refractivity contribution in [1.29, 1.82) is 0 Å². The predicted molar refractivity (Wildman–Crippen MR) is 141 cm³/mol. The molecule has 0 atom stereocenters. The van der Waals surface area contributed by atoms with Crippen molar-refractivity contribution in [2.45, 2.75) is 20.4 Å². The summed E-state index contributed by atoms with van der Waals surface area (Å²) in [5, 5.41) is 1.69. The van der Waals surface area contributed by atoms with Crippen LogP contribution in [0.4, 0.5) is 5.69 Å². The van der Waals surface area contributed by atoms with Crippen molar-refractivity contribution < 1.29 is 19.1 Å². The van der Waals surface area contributed by atoms with E-state index in [0.29, 0.717) is 30.2 Å². The van der Waals surface area contributed by atoms with Gasteiger partial charge in [-0.3, -0.25) is 0 Å². The van der Waals surface area contributed by atoms with E-state index in [9.17, 15) is 9.59 Å². The van der Waals surface area contributed by atoms with Gasteiger partial charge in [0, 0.05) is 39.6 Å². The predicted octanol–water partition coefficient (Wildman–Crippen LogP) is 5.77. The molecule has 0 unspecified atom stereocenters. The lowest BCUT2D eigenvalue weighted by Crippen LogP contribution is -2.14. The lowest BCUT2D eigenvalue weighted by atomic mass is 10.00. The first-order chi connectivity index (χ1) is 17.5. The van der Waals surface area contributed by atoms with Crippen molar-refractivity contribution in [2.24, 2.45) is 0 Å². The normalized spacial score (nSPS) is 11.2. The molecule has 0 radical (unpaired) electrons. The van der Waals surface area contributed by atoms with Gasteiger partial charge < -0.3 is 24.8 Å². The standard InChI is InChI=1S/C29H27N3O4/c1-3-35-28(33)24-15-20-14-19(10-12-23(20)31-24)26-22-16-21(30)11-13-25(22)32(27(26)29(34)36-4-2)17-18-8-6-5-7-9-18/h5-16,31H,3-4,17,30H2,1-2H3. The minimum Gasteiger partial charge on any atom is -0.461 e. The first-order valence-electron chi connectivity index (χ1n) is 11.9. The molecule has 0 saturated heterocycles. The molecule has 0 aliphatic rings. The molecule has 0 amide bonds. The van der Waals surface area contributed by atoms with Gasteiger partial charge in [0.05, 0.1) is 13.2 Å². The third-order valence-corrected chi connectivity index (χ3v) is 6.14. The molecule has 0 aliphatic heterocycles. The number of benzene rings is 3. The number of hydrogen-bond acceptors (Lipinski definition) is 5. The number of carbonyl (C=O) groups is 2. The van der Waals surface area contributed by atoms with Gasteiger partial charge in [0.15, 0.2) is 0 Å². The highest BCUT2D eigenvalue weighted by atomic mass is 16.5. The molecule has 3 aromatic carbocycles. The van der Waals surface area contributed by atoms with Gasteiger partial charge in [-0.25, -0.2) is 9.59 Å². The molecule has 0 fully saturated rings. The second kappa shape index (κ2) is 9.62. The van der Waals surface area contributed by atoms with Crippen molar-refractivity contribution in [3.63, 3.8) is 0 Å². The van der Waals surface area contributed by atoms with Crippen LogP contribution in [0.2, 0.25) is 0 Å². The van der Waals surface area contributed by atoms with E-state index in [2.05, 4.69) is 4.98 Å². The third-order valence-electron chi connectivity index (χ3n) is 6.14. The van der Waals surface area contributed by atoms with Gasteiger partial charge in [-0.05, 0) is 61.4 Å². The highest BCUT2D eigenvalue weighted by Crippen LogP contribution is 2.38. The molecular weight excluding hydrogens is 454 g/mol. The van der Waals surface area contributed by atoms with Gasteiger partial charge in [-0.15, -0.1) is 0 Å².